The highest BCUT2D eigenvalue weighted by atomic mass is 19.1. The minimum Gasteiger partial charge on any atom is -0.388 e. The smallest absolute Gasteiger partial charge is 0.126 e. The molecule has 20 heavy (non-hydrogen) atoms. The molecule has 1 aliphatic rings. The van der Waals surface area contributed by atoms with E-state index >= 15 is 0 Å². The fraction of sp³-hybridized carbons (Fsp3) is 0.625. The Hall–Kier alpha value is -0.970. The van der Waals surface area contributed by atoms with Crippen molar-refractivity contribution in [3.8, 4) is 0 Å². The van der Waals surface area contributed by atoms with Gasteiger partial charge in [-0.15, -0.1) is 0 Å². The van der Waals surface area contributed by atoms with E-state index < -0.39 is 6.10 Å². The lowest BCUT2D eigenvalue weighted by molar-refractivity contribution is 0.0769. The quantitative estimate of drug-likeness (QED) is 0.916. The zero-order valence-corrected chi connectivity index (χ0v) is 12.6. The van der Waals surface area contributed by atoms with Crippen LogP contribution in [-0.2, 0) is 0 Å². The van der Waals surface area contributed by atoms with E-state index in [0.717, 1.165) is 26.2 Å². The lowest BCUT2D eigenvalue weighted by Crippen LogP contribution is -2.50. The lowest BCUT2D eigenvalue weighted by Gasteiger charge is -2.38. The molecule has 1 aliphatic heterocycles. The van der Waals surface area contributed by atoms with Gasteiger partial charge in [-0.05, 0) is 44.5 Å². The fourth-order valence-corrected chi connectivity index (χ4v) is 2.78. The monoisotopic (exact) mass is 280 g/mol. The van der Waals surface area contributed by atoms with Crippen molar-refractivity contribution in [1.82, 2.24) is 9.80 Å². The van der Waals surface area contributed by atoms with Crippen LogP contribution < -0.4 is 0 Å². The maximum absolute atomic E-state index is 13.5. The summed E-state index contributed by atoms with van der Waals surface area (Å²) < 4.78 is 13.5. The van der Waals surface area contributed by atoms with Gasteiger partial charge in [0.1, 0.15) is 5.82 Å². The Balaban J connectivity index is 1.88. The number of aliphatic hydroxyl groups excluding tert-OH is 1. The standard InChI is InChI=1S/C16H25FN2O/c1-12-4-5-14(10-15(12)17)16(20)6-7-19-9-8-18(3)11-13(19)2/h4-5,10,13,16,20H,6-9,11H2,1-3H3. The molecule has 1 fully saturated rings. The molecule has 0 aliphatic carbocycles. The first-order valence-electron chi connectivity index (χ1n) is 7.34. The molecule has 1 saturated heterocycles. The van der Waals surface area contributed by atoms with Gasteiger partial charge in [-0.1, -0.05) is 12.1 Å². The summed E-state index contributed by atoms with van der Waals surface area (Å²) in [5.41, 5.74) is 1.29. The Bertz CT molecular complexity index is 452. The Kier molecular flexibility index (Phi) is 5.13. The number of nitrogens with zero attached hydrogens (tertiary/aromatic N) is 2. The average molecular weight is 280 g/mol. The van der Waals surface area contributed by atoms with Gasteiger partial charge in [0, 0.05) is 32.2 Å². The first-order chi connectivity index (χ1) is 9.47. The van der Waals surface area contributed by atoms with Crippen molar-refractivity contribution in [1.29, 1.82) is 0 Å². The molecule has 1 N–H and O–H groups in total. The maximum Gasteiger partial charge on any atom is 0.126 e. The summed E-state index contributed by atoms with van der Waals surface area (Å²) in [5, 5.41) is 10.2. The number of rotatable bonds is 4. The van der Waals surface area contributed by atoms with Crippen LogP contribution in [0.25, 0.3) is 0 Å². The van der Waals surface area contributed by atoms with Gasteiger partial charge < -0.3 is 10.0 Å². The number of likely N-dealkylation sites (N-methyl/N-ethyl adjacent to an activating group) is 1. The van der Waals surface area contributed by atoms with E-state index in [0.29, 0.717) is 23.6 Å². The third-order valence-electron chi connectivity index (χ3n) is 4.24. The van der Waals surface area contributed by atoms with Crippen molar-refractivity contribution >= 4 is 0 Å². The van der Waals surface area contributed by atoms with Gasteiger partial charge in [0.15, 0.2) is 0 Å². The van der Waals surface area contributed by atoms with Crippen LogP contribution in [0.4, 0.5) is 4.39 Å². The van der Waals surface area contributed by atoms with Gasteiger partial charge in [0.2, 0.25) is 0 Å². The molecule has 2 unspecified atom stereocenters. The number of hydrogen-bond acceptors (Lipinski definition) is 3. The fourth-order valence-electron chi connectivity index (χ4n) is 2.78. The third kappa shape index (κ3) is 3.78. The average Bonchev–Trinajstić information content (AvgIpc) is 2.40. The second-order valence-electron chi connectivity index (χ2n) is 5.96. The highest BCUT2D eigenvalue weighted by Gasteiger charge is 2.22. The number of aliphatic hydroxyl groups is 1. The van der Waals surface area contributed by atoms with Crippen LogP contribution in [-0.4, -0.2) is 54.2 Å². The van der Waals surface area contributed by atoms with Gasteiger partial charge in [0.05, 0.1) is 6.10 Å². The first kappa shape index (κ1) is 15.4. The molecular formula is C16H25FN2O. The van der Waals surface area contributed by atoms with Crippen LogP contribution in [0.15, 0.2) is 18.2 Å². The molecule has 0 bridgehead atoms. The number of hydrogen-bond donors (Lipinski definition) is 1. The molecule has 0 spiro atoms. The van der Waals surface area contributed by atoms with E-state index in [1.54, 1.807) is 13.0 Å². The first-order valence-corrected chi connectivity index (χ1v) is 7.34. The number of benzene rings is 1. The molecule has 0 saturated carbocycles. The normalized spacial score (nSPS) is 22.9. The molecule has 4 heteroatoms. The molecule has 1 aromatic carbocycles. The van der Waals surface area contributed by atoms with Crippen LogP contribution in [0.1, 0.15) is 30.6 Å². The molecule has 2 atom stereocenters. The number of piperazine rings is 1. The Morgan fingerprint density at radius 2 is 2.15 bits per heavy atom. The second kappa shape index (κ2) is 6.66. The van der Waals surface area contributed by atoms with E-state index in [2.05, 4.69) is 23.8 Å². The van der Waals surface area contributed by atoms with Crippen molar-refractivity contribution in [3.63, 3.8) is 0 Å². The Morgan fingerprint density at radius 1 is 1.40 bits per heavy atom. The summed E-state index contributed by atoms with van der Waals surface area (Å²) in [4.78, 5) is 4.72. The highest BCUT2D eigenvalue weighted by molar-refractivity contribution is 5.24. The van der Waals surface area contributed by atoms with Gasteiger partial charge >= 0.3 is 0 Å². The van der Waals surface area contributed by atoms with Crippen LogP contribution in [0.2, 0.25) is 0 Å². The predicted octanol–water partition coefficient (Wildman–Crippen LogP) is 2.19. The van der Waals surface area contributed by atoms with Crippen molar-refractivity contribution in [2.24, 2.45) is 0 Å². The van der Waals surface area contributed by atoms with E-state index in [1.165, 1.54) is 6.07 Å². The summed E-state index contributed by atoms with van der Waals surface area (Å²) in [6.45, 7) is 7.97. The van der Waals surface area contributed by atoms with Crippen molar-refractivity contribution in [3.05, 3.63) is 35.1 Å². The summed E-state index contributed by atoms with van der Waals surface area (Å²) in [6, 6.07) is 5.51. The van der Waals surface area contributed by atoms with E-state index in [4.69, 9.17) is 0 Å². The molecular weight excluding hydrogens is 255 g/mol. The largest absolute Gasteiger partial charge is 0.388 e. The minimum absolute atomic E-state index is 0.241. The third-order valence-corrected chi connectivity index (χ3v) is 4.24. The number of halogens is 1. The molecule has 3 nitrogen and oxygen atoms in total. The predicted molar refractivity (Wildman–Crippen MR) is 79.2 cm³/mol. The van der Waals surface area contributed by atoms with Crippen LogP contribution in [0.5, 0.6) is 0 Å². The summed E-state index contributed by atoms with van der Waals surface area (Å²) in [7, 11) is 2.14. The van der Waals surface area contributed by atoms with Crippen LogP contribution in [0.3, 0.4) is 0 Å². The van der Waals surface area contributed by atoms with Gasteiger partial charge in [-0.2, -0.15) is 0 Å². The molecule has 2 rings (SSSR count). The van der Waals surface area contributed by atoms with Crippen LogP contribution >= 0.6 is 0 Å². The molecule has 0 amide bonds. The zero-order chi connectivity index (χ0) is 14.7. The molecule has 112 valence electrons. The molecule has 1 heterocycles. The van der Waals surface area contributed by atoms with Crippen molar-refractivity contribution < 1.29 is 9.50 Å². The number of aryl methyl sites for hydroxylation is 1. The maximum atomic E-state index is 13.5. The molecule has 1 aromatic rings. The SMILES string of the molecule is Cc1ccc(C(O)CCN2CCN(C)CC2C)cc1F. The van der Waals surface area contributed by atoms with Gasteiger partial charge in [-0.25, -0.2) is 4.39 Å². The van der Waals surface area contributed by atoms with Crippen molar-refractivity contribution in [2.75, 3.05) is 33.2 Å². The molecule has 0 radical (unpaired) electrons. The second-order valence-corrected chi connectivity index (χ2v) is 5.96. The van der Waals surface area contributed by atoms with Crippen molar-refractivity contribution in [2.45, 2.75) is 32.4 Å². The lowest BCUT2D eigenvalue weighted by atomic mass is 10.0. The summed E-state index contributed by atoms with van der Waals surface area (Å²) in [5.74, 6) is -0.241. The topological polar surface area (TPSA) is 26.7 Å². The highest BCUT2D eigenvalue weighted by Crippen LogP contribution is 2.20. The molecule has 0 aromatic heterocycles. The van der Waals surface area contributed by atoms with Gasteiger partial charge in [0.25, 0.3) is 0 Å². The van der Waals surface area contributed by atoms with E-state index in [1.807, 2.05) is 6.07 Å². The Labute approximate surface area is 121 Å². The zero-order valence-electron chi connectivity index (χ0n) is 12.6. The van der Waals surface area contributed by atoms with E-state index in [-0.39, 0.29) is 5.82 Å². The van der Waals surface area contributed by atoms with E-state index in [9.17, 15) is 9.50 Å². The van der Waals surface area contributed by atoms with Gasteiger partial charge in [-0.3, -0.25) is 4.90 Å². The minimum atomic E-state index is -0.586. The summed E-state index contributed by atoms with van der Waals surface area (Å²) in [6.07, 6.45) is 0.0632. The van der Waals surface area contributed by atoms with Crippen LogP contribution in [0, 0.1) is 12.7 Å². The Morgan fingerprint density at radius 3 is 2.80 bits per heavy atom. The summed E-state index contributed by atoms with van der Waals surface area (Å²) >= 11 is 0.